The predicted octanol–water partition coefficient (Wildman–Crippen LogP) is 3.98. The number of nitrogen functional groups attached to an aromatic ring is 1. The van der Waals surface area contributed by atoms with Crippen molar-refractivity contribution >= 4 is 46.1 Å². The lowest BCUT2D eigenvalue weighted by Gasteiger charge is -2.44. The second-order valence-electron chi connectivity index (χ2n) is 9.16. The van der Waals surface area contributed by atoms with Crippen LogP contribution in [0.4, 0.5) is 26.4 Å². The number of hydrogen-bond acceptors (Lipinski definition) is 6. The predicted molar refractivity (Wildman–Crippen MR) is 148 cm³/mol. The molecule has 2 amide bonds. The Bertz CT molecular complexity index is 1400. The number of aliphatic imine (C=N–C) groups is 1. The maximum absolute atomic E-state index is 13.5. The number of carboxylic acid groups (broad SMARTS) is 1. The molecular formula is C27H31FN8O3. The van der Waals surface area contributed by atoms with E-state index in [9.17, 15) is 14.4 Å². The number of benzene rings is 2. The minimum Gasteiger partial charge on any atom is -0.481 e. The molecule has 5 N–H and O–H groups in total. The highest BCUT2D eigenvalue weighted by molar-refractivity contribution is 5.95. The summed E-state index contributed by atoms with van der Waals surface area (Å²) < 4.78 is 13.5. The SMILES string of the molecule is CC(=O)O.CC(C)C1CN(C(=O)Nc2cccc(F)c2)CCN1C(=Nc1cccc2nc(N)ccc12)NC#N. The van der Waals surface area contributed by atoms with Crippen molar-refractivity contribution in [2.45, 2.75) is 26.8 Å². The van der Waals surface area contributed by atoms with Crippen LogP contribution in [0, 0.1) is 23.2 Å². The van der Waals surface area contributed by atoms with Crippen LogP contribution in [-0.4, -0.2) is 63.5 Å². The van der Waals surface area contributed by atoms with Crippen LogP contribution in [0.3, 0.4) is 0 Å². The molecule has 1 aliphatic heterocycles. The average molecular weight is 535 g/mol. The van der Waals surface area contributed by atoms with Gasteiger partial charge in [-0.15, -0.1) is 0 Å². The van der Waals surface area contributed by atoms with Crippen LogP contribution in [0.5, 0.6) is 0 Å². The summed E-state index contributed by atoms with van der Waals surface area (Å²) in [7, 11) is 0. The van der Waals surface area contributed by atoms with Crippen LogP contribution < -0.4 is 16.4 Å². The summed E-state index contributed by atoms with van der Waals surface area (Å²) >= 11 is 0. The summed E-state index contributed by atoms with van der Waals surface area (Å²) in [6, 6.07) is 14.5. The van der Waals surface area contributed by atoms with Gasteiger partial charge in [-0.3, -0.25) is 10.1 Å². The van der Waals surface area contributed by atoms with Gasteiger partial charge in [0.15, 0.2) is 6.19 Å². The number of anilines is 2. The molecule has 11 nitrogen and oxygen atoms in total. The number of carboxylic acids is 1. The third-order valence-electron chi connectivity index (χ3n) is 5.95. The first-order valence-electron chi connectivity index (χ1n) is 12.3. The number of carbonyl (C=O) groups excluding carboxylic acids is 1. The summed E-state index contributed by atoms with van der Waals surface area (Å²) in [5.74, 6) is -0.274. The van der Waals surface area contributed by atoms with Crippen molar-refractivity contribution in [1.82, 2.24) is 20.1 Å². The first-order chi connectivity index (χ1) is 18.6. The molecule has 3 aromatic rings. The molecule has 1 saturated heterocycles. The number of nitriles is 1. The lowest BCUT2D eigenvalue weighted by molar-refractivity contribution is -0.134. The Morgan fingerprint density at radius 2 is 1.92 bits per heavy atom. The Kier molecular flexibility index (Phi) is 9.58. The highest BCUT2D eigenvalue weighted by Crippen LogP contribution is 2.27. The molecule has 0 spiro atoms. The number of carbonyl (C=O) groups is 2. The monoisotopic (exact) mass is 534 g/mol. The molecule has 0 aliphatic carbocycles. The number of rotatable bonds is 3. The van der Waals surface area contributed by atoms with Gasteiger partial charge in [0.05, 0.1) is 17.2 Å². The molecule has 12 heteroatoms. The Labute approximate surface area is 225 Å². The number of pyridine rings is 1. The summed E-state index contributed by atoms with van der Waals surface area (Å²) in [6.45, 7) is 6.48. The van der Waals surface area contributed by atoms with Gasteiger partial charge in [-0.1, -0.05) is 26.0 Å². The van der Waals surface area contributed by atoms with Crippen LogP contribution in [0.15, 0.2) is 59.6 Å². The number of amides is 2. The Balaban J connectivity index is 0.000000983. The van der Waals surface area contributed by atoms with E-state index in [1.165, 1.54) is 12.1 Å². The van der Waals surface area contributed by atoms with Gasteiger partial charge >= 0.3 is 6.03 Å². The molecule has 2 aromatic carbocycles. The quantitative estimate of drug-likeness (QED) is 0.170. The second kappa shape index (κ2) is 13.0. The zero-order chi connectivity index (χ0) is 28.5. The number of urea groups is 1. The van der Waals surface area contributed by atoms with Crippen molar-refractivity contribution in [1.29, 1.82) is 5.26 Å². The summed E-state index contributed by atoms with van der Waals surface area (Å²) in [4.78, 5) is 34.7. The number of hydrogen-bond donors (Lipinski definition) is 4. The number of fused-ring (bicyclic) bond motifs is 1. The molecule has 1 aliphatic rings. The fourth-order valence-electron chi connectivity index (χ4n) is 4.18. The van der Waals surface area contributed by atoms with E-state index >= 15 is 0 Å². The minimum absolute atomic E-state index is 0.106. The third-order valence-corrected chi connectivity index (χ3v) is 5.95. The van der Waals surface area contributed by atoms with E-state index in [0.717, 1.165) is 12.3 Å². The molecule has 0 bridgehead atoms. The van der Waals surface area contributed by atoms with E-state index in [1.54, 1.807) is 23.1 Å². The zero-order valence-electron chi connectivity index (χ0n) is 21.9. The molecule has 204 valence electrons. The van der Waals surface area contributed by atoms with Crippen molar-refractivity contribution < 1.29 is 19.1 Å². The van der Waals surface area contributed by atoms with E-state index in [0.29, 0.717) is 48.3 Å². The maximum atomic E-state index is 13.5. The highest BCUT2D eigenvalue weighted by Gasteiger charge is 2.33. The van der Waals surface area contributed by atoms with Gasteiger partial charge in [0, 0.05) is 37.6 Å². The lowest BCUT2D eigenvalue weighted by Crippen LogP contribution is -2.60. The number of nitrogens with zero attached hydrogens (tertiary/aromatic N) is 5. The Morgan fingerprint density at radius 1 is 1.21 bits per heavy atom. The first kappa shape index (κ1) is 28.6. The van der Waals surface area contributed by atoms with Crippen LogP contribution in [0.2, 0.25) is 0 Å². The Hall–Kier alpha value is -4.92. The van der Waals surface area contributed by atoms with Crippen LogP contribution >= 0.6 is 0 Å². The number of nitrogens with two attached hydrogens (primary N) is 1. The van der Waals surface area contributed by atoms with Gasteiger partial charge in [-0.25, -0.2) is 19.2 Å². The van der Waals surface area contributed by atoms with Gasteiger partial charge in [-0.2, -0.15) is 5.26 Å². The summed E-state index contributed by atoms with van der Waals surface area (Å²) in [6.07, 6.45) is 1.99. The van der Waals surface area contributed by atoms with Gasteiger partial charge in [-0.05, 0) is 48.4 Å². The smallest absolute Gasteiger partial charge is 0.321 e. The van der Waals surface area contributed by atoms with E-state index in [1.807, 2.05) is 35.4 Å². The average Bonchev–Trinajstić information content (AvgIpc) is 2.87. The van der Waals surface area contributed by atoms with Crippen molar-refractivity contribution in [2.24, 2.45) is 10.9 Å². The van der Waals surface area contributed by atoms with Gasteiger partial charge in [0.2, 0.25) is 5.96 Å². The van der Waals surface area contributed by atoms with Crippen molar-refractivity contribution in [3.8, 4) is 6.19 Å². The van der Waals surface area contributed by atoms with Crippen LogP contribution in [0.25, 0.3) is 10.9 Å². The lowest BCUT2D eigenvalue weighted by atomic mass is 10.00. The molecule has 0 radical (unpaired) electrons. The standard InChI is InChI=1S/C25H27FN8O.C2H4O2/c1-16(2)22-14-33(25(35)30-18-6-3-5-17(26)13-18)11-12-34(22)24(29-15-27)32-21-8-4-7-20-19(21)9-10-23(28)31-20;1-2(3)4/h3-10,13,16,22H,11-12,14H2,1-2H3,(H2,28,31)(H,29,32)(H,30,35);1H3,(H,3,4). The molecule has 1 aromatic heterocycles. The van der Waals surface area contributed by atoms with Gasteiger partial charge < -0.3 is 26.0 Å². The van der Waals surface area contributed by atoms with E-state index in [2.05, 4.69) is 29.5 Å². The van der Waals surface area contributed by atoms with Gasteiger partial charge in [0.1, 0.15) is 11.6 Å². The molecule has 2 heterocycles. The molecule has 1 atom stereocenters. The van der Waals surface area contributed by atoms with Gasteiger partial charge in [0.25, 0.3) is 5.97 Å². The first-order valence-corrected chi connectivity index (χ1v) is 12.3. The minimum atomic E-state index is -0.833. The second-order valence-corrected chi connectivity index (χ2v) is 9.16. The van der Waals surface area contributed by atoms with Crippen LogP contribution in [0.1, 0.15) is 20.8 Å². The number of aromatic nitrogens is 1. The molecule has 39 heavy (non-hydrogen) atoms. The fourth-order valence-corrected chi connectivity index (χ4v) is 4.18. The van der Waals surface area contributed by atoms with E-state index < -0.39 is 11.8 Å². The van der Waals surface area contributed by atoms with Crippen molar-refractivity contribution in [2.75, 3.05) is 30.7 Å². The molecule has 1 unspecified atom stereocenters. The van der Waals surface area contributed by atoms with E-state index in [4.69, 9.17) is 20.6 Å². The topological polar surface area (TPSA) is 160 Å². The number of aliphatic carboxylic acids is 1. The maximum Gasteiger partial charge on any atom is 0.321 e. The largest absolute Gasteiger partial charge is 0.481 e. The fraction of sp³-hybridized carbons (Fsp3) is 0.296. The molecule has 0 saturated carbocycles. The number of guanidine groups is 1. The number of piperazine rings is 1. The third kappa shape index (κ3) is 7.78. The molecule has 1 fully saturated rings. The molecular weight excluding hydrogens is 503 g/mol. The highest BCUT2D eigenvalue weighted by atomic mass is 19.1. The Morgan fingerprint density at radius 3 is 2.59 bits per heavy atom. The van der Waals surface area contributed by atoms with Crippen molar-refractivity contribution in [3.63, 3.8) is 0 Å². The number of nitrogens with one attached hydrogen (secondary N) is 2. The normalized spacial score (nSPS) is 15.3. The zero-order valence-corrected chi connectivity index (χ0v) is 21.9. The van der Waals surface area contributed by atoms with Crippen molar-refractivity contribution in [3.05, 3.63) is 60.4 Å². The summed E-state index contributed by atoms with van der Waals surface area (Å²) in [5.41, 5.74) is 7.58. The molecule has 4 rings (SSSR count). The van der Waals surface area contributed by atoms with E-state index in [-0.39, 0.29) is 18.0 Å². The van der Waals surface area contributed by atoms with Crippen LogP contribution in [-0.2, 0) is 4.79 Å². The summed E-state index contributed by atoms with van der Waals surface area (Å²) in [5, 5.41) is 23.2. The number of halogens is 1.